The number of hydrogen-bond donors (Lipinski definition) is 2. The van der Waals surface area contributed by atoms with Crippen LogP contribution in [-0.4, -0.2) is 54.6 Å². The maximum atomic E-state index is 10.1. The Bertz CT molecular complexity index is 297. The molecule has 5 atom stereocenters. The molecule has 144 valence electrons. The van der Waals surface area contributed by atoms with Gasteiger partial charge in [-0.2, -0.15) is 0 Å². The van der Waals surface area contributed by atoms with Gasteiger partial charge in [-0.1, -0.05) is 64.7 Å². The summed E-state index contributed by atoms with van der Waals surface area (Å²) in [7, 11) is 1.53. The van der Waals surface area contributed by atoms with Crippen LogP contribution in [0.25, 0.3) is 0 Å². The third-order valence-corrected chi connectivity index (χ3v) is 4.82. The Labute approximate surface area is 147 Å². The Morgan fingerprint density at radius 1 is 0.833 bits per heavy atom. The van der Waals surface area contributed by atoms with Gasteiger partial charge in [0.15, 0.2) is 6.29 Å². The molecule has 0 aliphatic carbocycles. The Kier molecular flexibility index (Phi) is 11.9. The molecule has 0 unspecified atom stereocenters. The number of aliphatic hydroxyl groups is 2. The van der Waals surface area contributed by atoms with Crippen molar-refractivity contribution in [2.24, 2.45) is 0 Å². The molecular formula is C19H38O5. The molecule has 0 saturated carbocycles. The summed E-state index contributed by atoms with van der Waals surface area (Å²) in [6.07, 6.45) is 9.10. The maximum Gasteiger partial charge on any atom is 0.186 e. The van der Waals surface area contributed by atoms with Gasteiger partial charge in [0.2, 0.25) is 0 Å². The first kappa shape index (κ1) is 21.8. The number of ether oxygens (including phenoxy) is 3. The highest BCUT2D eigenvalue weighted by Crippen LogP contribution is 2.24. The van der Waals surface area contributed by atoms with Crippen LogP contribution >= 0.6 is 0 Å². The fourth-order valence-electron chi connectivity index (χ4n) is 3.18. The molecule has 5 heteroatoms. The molecule has 0 aromatic carbocycles. The highest BCUT2D eigenvalue weighted by Gasteiger charge is 2.43. The van der Waals surface area contributed by atoms with Crippen LogP contribution in [0.3, 0.4) is 0 Å². The van der Waals surface area contributed by atoms with E-state index in [0.717, 1.165) is 12.8 Å². The van der Waals surface area contributed by atoms with Gasteiger partial charge in [0.25, 0.3) is 0 Å². The molecule has 1 aliphatic rings. The highest BCUT2D eigenvalue weighted by molar-refractivity contribution is 4.88. The van der Waals surface area contributed by atoms with E-state index in [1.54, 1.807) is 6.92 Å². The molecule has 1 fully saturated rings. The molecule has 1 aliphatic heterocycles. The van der Waals surface area contributed by atoms with E-state index in [9.17, 15) is 10.2 Å². The van der Waals surface area contributed by atoms with Crippen molar-refractivity contribution in [2.45, 2.75) is 109 Å². The first-order chi connectivity index (χ1) is 11.6. The van der Waals surface area contributed by atoms with Crippen LogP contribution in [0.4, 0.5) is 0 Å². The smallest absolute Gasteiger partial charge is 0.186 e. The monoisotopic (exact) mass is 346 g/mol. The standard InChI is InChI=1S/C19H38O5/c1-4-5-6-7-8-9-10-11-12-13-14-23-18-17(21)16(20)15(2)24-19(18)22-3/h15-21H,4-14H2,1-3H3/t15-,16-,17+,18+,19+/m0/s1. The van der Waals surface area contributed by atoms with Crippen molar-refractivity contribution < 1.29 is 24.4 Å². The summed E-state index contributed by atoms with van der Waals surface area (Å²) in [5, 5.41) is 20.0. The van der Waals surface area contributed by atoms with Gasteiger partial charge in [0, 0.05) is 13.7 Å². The Morgan fingerprint density at radius 2 is 1.38 bits per heavy atom. The minimum absolute atomic E-state index is 0.456. The van der Waals surface area contributed by atoms with Crippen molar-refractivity contribution in [3.8, 4) is 0 Å². The van der Waals surface area contributed by atoms with E-state index in [2.05, 4.69) is 6.92 Å². The Hall–Kier alpha value is -0.200. The van der Waals surface area contributed by atoms with Gasteiger partial charge in [-0.15, -0.1) is 0 Å². The molecule has 2 N–H and O–H groups in total. The second-order valence-corrected chi connectivity index (χ2v) is 6.94. The predicted molar refractivity (Wildman–Crippen MR) is 94.9 cm³/mol. The van der Waals surface area contributed by atoms with Crippen LogP contribution in [-0.2, 0) is 14.2 Å². The van der Waals surface area contributed by atoms with Gasteiger partial charge in [-0.25, -0.2) is 0 Å². The number of hydrogen-bond acceptors (Lipinski definition) is 5. The number of rotatable bonds is 13. The molecule has 0 aromatic heterocycles. The van der Waals surface area contributed by atoms with E-state index in [1.165, 1.54) is 58.5 Å². The van der Waals surface area contributed by atoms with Crippen LogP contribution in [0.5, 0.6) is 0 Å². The molecule has 1 heterocycles. The van der Waals surface area contributed by atoms with E-state index in [1.807, 2.05) is 0 Å². The van der Waals surface area contributed by atoms with Gasteiger partial charge in [0.1, 0.15) is 18.3 Å². The van der Waals surface area contributed by atoms with Crippen molar-refractivity contribution in [2.75, 3.05) is 13.7 Å². The number of methoxy groups -OCH3 is 1. The summed E-state index contributed by atoms with van der Waals surface area (Å²) in [6, 6.07) is 0. The van der Waals surface area contributed by atoms with Crippen LogP contribution < -0.4 is 0 Å². The van der Waals surface area contributed by atoms with Gasteiger partial charge in [-0.05, 0) is 13.3 Å². The summed E-state index contributed by atoms with van der Waals surface area (Å²) < 4.78 is 16.5. The lowest BCUT2D eigenvalue weighted by Gasteiger charge is -2.40. The van der Waals surface area contributed by atoms with E-state index in [0.29, 0.717) is 6.61 Å². The second kappa shape index (κ2) is 13.1. The molecule has 0 amide bonds. The van der Waals surface area contributed by atoms with Gasteiger partial charge in [0.05, 0.1) is 6.10 Å². The Balaban J connectivity index is 2.05. The first-order valence-electron chi connectivity index (χ1n) is 9.77. The van der Waals surface area contributed by atoms with E-state index in [4.69, 9.17) is 14.2 Å². The molecule has 0 bridgehead atoms. The molecule has 24 heavy (non-hydrogen) atoms. The van der Waals surface area contributed by atoms with E-state index in [-0.39, 0.29) is 0 Å². The fourth-order valence-corrected chi connectivity index (χ4v) is 3.18. The van der Waals surface area contributed by atoms with Crippen molar-refractivity contribution in [3.05, 3.63) is 0 Å². The van der Waals surface area contributed by atoms with Crippen molar-refractivity contribution >= 4 is 0 Å². The SMILES string of the molecule is CCCCCCCCCCCCO[C@H]1[C@H](OC)O[C@@H](C)[C@H](O)[C@H]1O. The van der Waals surface area contributed by atoms with Crippen LogP contribution in [0.2, 0.25) is 0 Å². The molecule has 1 saturated heterocycles. The van der Waals surface area contributed by atoms with Crippen molar-refractivity contribution in [1.29, 1.82) is 0 Å². The average Bonchev–Trinajstić information content (AvgIpc) is 2.59. The van der Waals surface area contributed by atoms with Gasteiger partial charge >= 0.3 is 0 Å². The Morgan fingerprint density at radius 3 is 1.92 bits per heavy atom. The molecule has 0 radical (unpaired) electrons. The van der Waals surface area contributed by atoms with Gasteiger partial charge in [-0.3, -0.25) is 0 Å². The van der Waals surface area contributed by atoms with Crippen molar-refractivity contribution in [3.63, 3.8) is 0 Å². The number of aliphatic hydroxyl groups excluding tert-OH is 2. The third-order valence-electron chi connectivity index (χ3n) is 4.82. The summed E-state index contributed by atoms with van der Waals surface area (Å²) in [5.74, 6) is 0. The zero-order valence-electron chi connectivity index (χ0n) is 15.8. The normalized spacial score (nSPS) is 30.6. The average molecular weight is 347 g/mol. The molecule has 0 aromatic rings. The van der Waals surface area contributed by atoms with E-state index >= 15 is 0 Å². The summed E-state index contributed by atoms with van der Waals surface area (Å²) >= 11 is 0. The van der Waals surface area contributed by atoms with E-state index < -0.39 is 30.7 Å². The lowest BCUT2D eigenvalue weighted by molar-refractivity contribution is -0.296. The minimum Gasteiger partial charge on any atom is -0.388 e. The third kappa shape index (κ3) is 7.79. The van der Waals surface area contributed by atoms with Crippen LogP contribution in [0, 0.1) is 0 Å². The molecule has 1 rings (SSSR count). The topological polar surface area (TPSA) is 68.2 Å². The van der Waals surface area contributed by atoms with Crippen LogP contribution in [0.1, 0.15) is 78.1 Å². The molecule has 0 spiro atoms. The summed E-state index contributed by atoms with van der Waals surface area (Å²) in [6.45, 7) is 4.53. The maximum absolute atomic E-state index is 10.1. The summed E-state index contributed by atoms with van der Waals surface area (Å²) in [5.41, 5.74) is 0. The van der Waals surface area contributed by atoms with Crippen molar-refractivity contribution in [1.82, 2.24) is 0 Å². The highest BCUT2D eigenvalue weighted by atomic mass is 16.7. The lowest BCUT2D eigenvalue weighted by atomic mass is 10.00. The first-order valence-corrected chi connectivity index (χ1v) is 9.77. The zero-order chi connectivity index (χ0) is 17.8. The largest absolute Gasteiger partial charge is 0.388 e. The van der Waals surface area contributed by atoms with Gasteiger partial charge < -0.3 is 24.4 Å². The van der Waals surface area contributed by atoms with Crippen LogP contribution in [0.15, 0.2) is 0 Å². The second-order valence-electron chi connectivity index (χ2n) is 6.94. The zero-order valence-corrected chi connectivity index (χ0v) is 15.8. The number of unbranched alkanes of at least 4 members (excludes halogenated alkanes) is 9. The molecular weight excluding hydrogens is 308 g/mol. The molecule has 5 nitrogen and oxygen atoms in total. The lowest BCUT2D eigenvalue weighted by Crippen LogP contribution is -2.58. The minimum atomic E-state index is -0.971. The fraction of sp³-hybridized carbons (Fsp3) is 1.00. The quantitative estimate of drug-likeness (QED) is 0.500. The predicted octanol–water partition coefficient (Wildman–Crippen LogP) is 3.41. The summed E-state index contributed by atoms with van der Waals surface area (Å²) in [4.78, 5) is 0.